The molecule has 0 spiro atoms. The minimum atomic E-state index is -1.14. The van der Waals surface area contributed by atoms with Gasteiger partial charge in [-0.25, -0.2) is 0 Å². The van der Waals surface area contributed by atoms with Crippen LogP contribution in [0.5, 0.6) is 0 Å². The van der Waals surface area contributed by atoms with Crippen LogP contribution in [0.4, 0.5) is 0 Å². The first-order valence-corrected chi connectivity index (χ1v) is 5.31. The summed E-state index contributed by atoms with van der Waals surface area (Å²) in [5.41, 5.74) is -1.08. The topological polar surface area (TPSA) is 64.7 Å². The van der Waals surface area contributed by atoms with Gasteiger partial charge in [-0.1, -0.05) is 18.2 Å². The second kappa shape index (κ2) is 3.32. The van der Waals surface area contributed by atoms with Crippen molar-refractivity contribution in [2.24, 2.45) is 10.8 Å². The summed E-state index contributed by atoms with van der Waals surface area (Å²) >= 11 is 0. The molecular weight excluding hydrogens is 200 g/mol. The van der Waals surface area contributed by atoms with Gasteiger partial charge >= 0.3 is 0 Å². The number of hydrogen-bond donors (Lipinski definition) is 0. The van der Waals surface area contributed by atoms with Crippen molar-refractivity contribution < 1.29 is 4.79 Å². The molecule has 0 aromatic rings. The first-order chi connectivity index (χ1) is 7.59. The van der Waals surface area contributed by atoms with E-state index in [-0.39, 0.29) is 5.78 Å². The molecule has 0 unspecified atom stereocenters. The molecule has 0 fully saturated rings. The Kier molecular flexibility index (Phi) is 2.21. The normalized spacial score (nSPS) is 30.9. The van der Waals surface area contributed by atoms with Gasteiger partial charge < -0.3 is 0 Å². The Morgan fingerprint density at radius 2 is 1.88 bits per heavy atom. The number of carbonyl (C=O) groups is 1. The molecule has 0 aromatic carbocycles. The van der Waals surface area contributed by atoms with Crippen LogP contribution in [-0.4, -0.2) is 5.78 Å². The average molecular weight is 212 g/mol. The lowest BCUT2D eigenvalue weighted by molar-refractivity contribution is -0.124. The Morgan fingerprint density at radius 1 is 1.25 bits per heavy atom. The third kappa shape index (κ3) is 1.15. The molecule has 2 aliphatic rings. The van der Waals surface area contributed by atoms with Crippen molar-refractivity contribution in [1.29, 1.82) is 10.5 Å². The van der Waals surface area contributed by atoms with Gasteiger partial charge in [-0.05, 0) is 18.9 Å². The van der Waals surface area contributed by atoms with Crippen molar-refractivity contribution in [1.82, 2.24) is 0 Å². The molecule has 0 saturated heterocycles. The molecule has 0 heterocycles. The van der Waals surface area contributed by atoms with E-state index in [0.717, 1.165) is 0 Å². The lowest BCUT2D eigenvalue weighted by atomic mass is 9.68. The third-order valence-electron chi connectivity index (χ3n) is 3.66. The van der Waals surface area contributed by atoms with E-state index in [9.17, 15) is 15.3 Å². The van der Waals surface area contributed by atoms with Gasteiger partial charge in [0, 0.05) is 12.8 Å². The molecule has 0 aromatic heterocycles. The highest BCUT2D eigenvalue weighted by atomic mass is 16.1. The van der Waals surface area contributed by atoms with Gasteiger partial charge in [0.2, 0.25) is 0 Å². The molecule has 0 saturated carbocycles. The molecule has 16 heavy (non-hydrogen) atoms. The van der Waals surface area contributed by atoms with Crippen molar-refractivity contribution >= 4 is 5.78 Å². The molecule has 1 atom stereocenters. The van der Waals surface area contributed by atoms with Crippen LogP contribution >= 0.6 is 0 Å². The fourth-order valence-electron chi connectivity index (χ4n) is 2.59. The zero-order valence-electron chi connectivity index (χ0n) is 9.16. The molecule has 2 rings (SSSR count). The molecule has 0 amide bonds. The molecule has 3 heteroatoms. The average Bonchev–Trinajstić information content (AvgIpc) is 2.50. The lowest BCUT2D eigenvalue weighted by Gasteiger charge is -2.30. The molecule has 80 valence electrons. The van der Waals surface area contributed by atoms with E-state index in [0.29, 0.717) is 24.8 Å². The van der Waals surface area contributed by atoms with Crippen LogP contribution in [0.3, 0.4) is 0 Å². The molecule has 0 radical (unpaired) electrons. The first kappa shape index (κ1) is 10.6. The second-order valence-corrected chi connectivity index (χ2v) is 4.59. The Morgan fingerprint density at radius 3 is 2.50 bits per heavy atom. The SMILES string of the molecule is C[C@]12CC=CCC(C#N)(C#N)C1=CCC2=O. The lowest BCUT2D eigenvalue weighted by Crippen LogP contribution is -2.32. The van der Waals surface area contributed by atoms with Gasteiger partial charge in [0.25, 0.3) is 0 Å². The van der Waals surface area contributed by atoms with Gasteiger partial charge in [0.15, 0.2) is 5.41 Å². The van der Waals surface area contributed by atoms with Gasteiger partial charge in [-0.15, -0.1) is 0 Å². The van der Waals surface area contributed by atoms with E-state index >= 15 is 0 Å². The first-order valence-electron chi connectivity index (χ1n) is 5.31. The van der Waals surface area contributed by atoms with Crippen LogP contribution in [0.1, 0.15) is 26.2 Å². The Balaban J connectivity index is 2.61. The van der Waals surface area contributed by atoms with Crippen LogP contribution in [-0.2, 0) is 4.79 Å². The number of allylic oxidation sites excluding steroid dienone is 4. The van der Waals surface area contributed by atoms with Crippen molar-refractivity contribution in [2.75, 3.05) is 0 Å². The number of rotatable bonds is 0. The highest BCUT2D eigenvalue weighted by Crippen LogP contribution is 2.51. The van der Waals surface area contributed by atoms with Crippen LogP contribution in [0, 0.1) is 33.5 Å². The monoisotopic (exact) mass is 212 g/mol. The number of carbonyl (C=O) groups excluding carboxylic acids is 1. The maximum atomic E-state index is 11.9. The number of nitriles is 2. The Labute approximate surface area is 94.7 Å². The summed E-state index contributed by atoms with van der Waals surface area (Å²) in [6.07, 6.45) is 6.86. The number of hydrogen-bond acceptors (Lipinski definition) is 3. The molecule has 0 N–H and O–H groups in total. The predicted molar refractivity (Wildman–Crippen MR) is 57.8 cm³/mol. The highest BCUT2D eigenvalue weighted by molar-refractivity contribution is 5.93. The Hall–Kier alpha value is -1.87. The largest absolute Gasteiger partial charge is 0.298 e. The maximum absolute atomic E-state index is 11.9. The minimum Gasteiger partial charge on any atom is -0.298 e. The molecule has 0 bridgehead atoms. The summed E-state index contributed by atoms with van der Waals surface area (Å²) in [4.78, 5) is 11.9. The minimum absolute atomic E-state index is 0.115. The summed E-state index contributed by atoms with van der Waals surface area (Å²) < 4.78 is 0. The number of fused-ring (bicyclic) bond motifs is 1. The van der Waals surface area contributed by atoms with E-state index in [1.165, 1.54) is 0 Å². The van der Waals surface area contributed by atoms with Gasteiger partial charge in [-0.3, -0.25) is 4.79 Å². The molecule has 0 aliphatic heterocycles. The van der Waals surface area contributed by atoms with Crippen molar-refractivity contribution in [3.05, 3.63) is 23.8 Å². The number of nitrogens with zero attached hydrogens (tertiary/aromatic N) is 2. The summed E-state index contributed by atoms with van der Waals surface area (Å²) in [5.74, 6) is 0.115. The van der Waals surface area contributed by atoms with Crippen molar-refractivity contribution in [3.8, 4) is 12.1 Å². The summed E-state index contributed by atoms with van der Waals surface area (Å²) in [6.45, 7) is 1.84. The van der Waals surface area contributed by atoms with E-state index in [2.05, 4.69) is 12.1 Å². The van der Waals surface area contributed by atoms with E-state index in [4.69, 9.17) is 0 Å². The second-order valence-electron chi connectivity index (χ2n) is 4.59. The van der Waals surface area contributed by atoms with Crippen molar-refractivity contribution in [2.45, 2.75) is 26.2 Å². The summed E-state index contributed by atoms with van der Waals surface area (Å²) in [6, 6.07) is 4.18. The summed E-state index contributed by atoms with van der Waals surface area (Å²) in [7, 11) is 0. The van der Waals surface area contributed by atoms with Crippen molar-refractivity contribution in [3.63, 3.8) is 0 Å². The van der Waals surface area contributed by atoms with E-state index in [1.807, 2.05) is 19.1 Å². The van der Waals surface area contributed by atoms with Gasteiger partial charge in [-0.2, -0.15) is 10.5 Å². The zero-order valence-corrected chi connectivity index (χ0v) is 9.16. The predicted octanol–water partition coefficient (Wildman–Crippen LogP) is 2.28. The number of Topliss-reactive ketones (excluding diaryl/α,β-unsaturated/α-hetero) is 1. The summed E-state index contributed by atoms with van der Waals surface area (Å²) in [5, 5.41) is 18.5. The van der Waals surface area contributed by atoms with Crippen LogP contribution in [0.25, 0.3) is 0 Å². The third-order valence-corrected chi connectivity index (χ3v) is 3.66. The van der Waals surface area contributed by atoms with Crippen LogP contribution < -0.4 is 0 Å². The molecule has 2 aliphatic carbocycles. The van der Waals surface area contributed by atoms with Gasteiger partial charge in [0.05, 0.1) is 17.6 Å². The number of ketones is 1. The quantitative estimate of drug-likeness (QED) is 0.578. The van der Waals surface area contributed by atoms with Crippen LogP contribution in [0.2, 0.25) is 0 Å². The maximum Gasteiger partial charge on any atom is 0.169 e. The van der Waals surface area contributed by atoms with Gasteiger partial charge in [0.1, 0.15) is 5.78 Å². The standard InChI is InChI=1S/C13H12N2O/c1-12-6-2-3-7-13(8-14,9-15)10(12)4-5-11(12)16/h2-4H,5-7H2,1H3/t12-/m0/s1. The van der Waals surface area contributed by atoms with E-state index < -0.39 is 10.8 Å². The Bertz CT molecular complexity index is 473. The molecule has 3 nitrogen and oxygen atoms in total. The fraction of sp³-hybridized carbons (Fsp3) is 0.462. The van der Waals surface area contributed by atoms with Crippen LogP contribution in [0.15, 0.2) is 23.8 Å². The fourth-order valence-corrected chi connectivity index (χ4v) is 2.59. The zero-order chi connectivity index (χ0) is 11.8. The highest BCUT2D eigenvalue weighted by Gasteiger charge is 2.50. The molecular formula is C13H12N2O. The van der Waals surface area contributed by atoms with E-state index in [1.54, 1.807) is 6.08 Å². The smallest absolute Gasteiger partial charge is 0.169 e.